The molecule has 0 aliphatic rings. The van der Waals surface area contributed by atoms with E-state index < -0.39 is 19.6 Å². The molecule has 0 aromatic heterocycles. The molecule has 176 valence electrons. The summed E-state index contributed by atoms with van der Waals surface area (Å²) in [6.07, 6.45) is 0. The van der Waals surface area contributed by atoms with Gasteiger partial charge in [-0.15, -0.1) is 0 Å². The first-order valence-electron chi connectivity index (χ1n) is 12.2. The van der Waals surface area contributed by atoms with Crippen LogP contribution in [0.4, 0.5) is 8.78 Å². The van der Waals surface area contributed by atoms with Gasteiger partial charge in [-0.25, -0.2) is 8.78 Å². The van der Waals surface area contributed by atoms with Gasteiger partial charge in [-0.2, -0.15) is 0 Å². The van der Waals surface area contributed by atoms with Crippen LogP contribution in [0.5, 0.6) is 0 Å². The third-order valence-electron chi connectivity index (χ3n) is 7.08. The fraction of sp³-hybridized carbons (Fsp3) is 0. The molecule has 0 radical (unpaired) electrons. The van der Waals surface area contributed by atoms with Gasteiger partial charge in [-0.1, -0.05) is 97.1 Å². The summed E-state index contributed by atoms with van der Waals surface area (Å²) in [4.78, 5) is 0. The zero-order chi connectivity index (χ0) is 24.9. The fourth-order valence-electron chi connectivity index (χ4n) is 5.52. The lowest BCUT2D eigenvalue weighted by Crippen LogP contribution is -2.23. The van der Waals surface area contributed by atoms with Crippen molar-refractivity contribution in [2.45, 2.75) is 0 Å². The van der Waals surface area contributed by atoms with Gasteiger partial charge in [0.25, 0.3) is 0 Å². The molecule has 37 heavy (non-hydrogen) atoms. The molecule has 0 fully saturated rings. The van der Waals surface area contributed by atoms with E-state index in [1.807, 2.05) is 36.4 Å². The van der Waals surface area contributed by atoms with E-state index in [4.69, 9.17) is 0 Å². The van der Waals surface area contributed by atoms with Gasteiger partial charge in [0.2, 0.25) is 0 Å². The lowest BCUT2D eigenvalue weighted by atomic mass is 10.0. The van der Waals surface area contributed by atoms with Gasteiger partial charge in [0.15, 0.2) is 0 Å². The highest BCUT2D eigenvalue weighted by Gasteiger charge is 2.24. The Balaban J connectivity index is 1.66. The van der Waals surface area contributed by atoms with E-state index in [0.717, 1.165) is 49.0 Å². The second-order valence-electron chi connectivity index (χ2n) is 9.29. The van der Waals surface area contributed by atoms with Gasteiger partial charge < -0.3 is 0 Å². The van der Waals surface area contributed by atoms with Gasteiger partial charge in [0.05, 0.1) is 0 Å². The van der Waals surface area contributed by atoms with Crippen LogP contribution < -0.4 is 15.9 Å². The van der Waals surface area contributed by atoms with Crippen LogP contribution in [0.2, 0.25) is 0 Å². The Hall–Kier alpha value is -4.13. The molecule has 0 heterocycles. The van der Waals surface area contributed by atoms with E-state index in [1.165, 1.54) is 22.9 Å². The van der Waals surface area contributed by atoms with Crippen LogP contribution in [0, 0.1) is 11.6 Å². The Labute approximate surface area is 214 Å². The summed E-state index contributed by atoms with van der Waals surface area (Å²) in [5.41, 5.74) is 0. The van der Waals surface area contributed by atoms with Crippen molar-refractivity contribution in [3.05, 3.63) is 139 Å². The molecule has 0 amide bonds. The Morgan fingerprint density at radius 1 is 0.378 bits per heavy atom. The number of fused-ring (bicyclic) bond motifs is 6. The number of halogens is 2. The van der Waals surface area contributed by atoms with Crippen molar-refractivity contribution < 1.29 is 8.78 Å². The smallest absolute Gasteiger partial charge is 0.126 e. The van der Waals surface area contributed by atoms with Crippen molar-refractivity contribution in [3.8, 4) is 0 Å². The van der Waals surface area contributed by atoms with Crippen LogP contribution in [0.15, 0.2) is 127 Å². The lowest BCUT2D eigenvalue weighted by Gasteiger charge is -2.24. The second-order valence-corrected chi connectivity index (χ2v) is 11.4. The highest BCUT2D eigenvalue weighted by molar-refractivity contribution is 7.80. The van der Waals surface area contributed by atoms with Gasteiger partial charge in [0.1, 0.15) is 11.6 Å². The molecular formula is C34H21F2P. The first-order valence-corrected chi connectivity index (χ1v) is 13.6. The standard InChI is InChI=1S/C34H21F2P/c35-24-19-25(36)21-26(20-24)37(33-17-22-9-1-3-11-27(22)29-13-5-7-15-31(29)33)34-18-23-10-2-4-12-28(23)30-14-6-8-16-32(30)34/h1-21H. The maximum absolute atomic E-state index is 14.7. The van der Waals surface area contributed by atoms with Crippen LogP contribution in [0.1, 0.15) is 0 Å². The molecule has 0 atom stereocenters. The zero-order valence-electron chi connectivity index (χ0n) is 19.8. The second kappa shape index (κ2) is 8.76. The molecule has 0 aliphatic carbocycles. The molecule has 0 nitrogen and oxygen atoms in total. The molecular weight excluding hydrogens is 477 g/mol. The Morgan fingerprint density at radius 3 is 1.22 bits per heavy atom. The molecule has 0 aliphatic heterocycles. The van der Waals surface area contributed by atoms with Crippen molar-refractivity contribution >= 4 is 66.9 Å². The molecule has 0 N–H and O–H groups in total. The summed E-state index contributed by atoms with van der Waals surface area (Å²) in [5, 5.41) is 11.9. The van der Waals surface area contributed by atoms with Crippen LogP contribution in [-0.2, 0) is 0 Å². The summed E-state index contributed by atoms with van der Waals surface area (Å²) in [6, 6.07) is 41.8. The predicted molar refractivity (Wildman–Crippen MR) is 155 cm³/mol. The van der Waals surface area contributed by atoms with E-state index >= 15 is 0 Å². The van der Waals surface area contributed by atoms with Crippen molar-refractivity contribution in [2.24, 2.45) is 0 Å². The Morgan fingerprint density at radius 2 is 0.757 bits per heavy atom. The van der Waals surface area contributed by atoms with Gasteiger partial charge in [0, 0.05) is 6.07 Å². The molecule has 7 aromatic carbocycles. The quantitative estimate of drug-likeness (QED) is 0.170. The minimum absolute atomic E-state index is 0.558. The summed E-state index contributed by atoms with van der Waals surface area (Å²) in [6.45, 7) is 0. The fourth-order valence-corrected chi connectivity index (χ4v) is 8.24. The first kappa shape index (κ1) is 22.1. The number of rotatable bonds is 3. The highest BCUT2D eigenvalue weighted by atomic mass is 31.1. The normalized spacial score (nSPS) is 11.8. The van der Waals surface area contributed by atoms with E-state index in [1.54, 1.807) is 0 Å². The summed E-state index contributed by atoms with van der Waals surface area (Å²) in [5.74, 6) is -1.12. The third kappa shape index (κ3) is 3.68. The number of hydrogen-bond acceptors (Lipinski definition) is 0. The maximum atomic E-state index is 14.7. The average Bonchev–Trinajstić information content (AvgIpc) is 2.93. The molecule has 0 saturated carbocycles. The van der Waals surface area contributed by atoms with Crippen molar-refractivity contribution in [3.63, 3.8) is 0 Å². The number of hydrogen-bond donors (Lipinski definition) is 0. The SMILES string of the molecule is Fc1cc(F)cc(P(c2cc3ccccc3c3ccccc23)c2cc3ccccc3c3ccccc23)c1. The maximum Gasteiger partial charge on any atom is 0.126 e. The topological polar surface area (TPSA) is 0 Å². The van der Waals surface area contributed by atoms with Gasteiger partial charge >= 0.3 is 0 Å². The van der Waals surface area contributed by atoms with Crippen LogP contribution in [0.3, 0.4) is 0 Å². The first-order chi connectivity index (χ1) is 18.2. The van der Waals surface area contributed by atoms with E-state index in [0.29, 0.717) is 5.30 Å². The zero-order valence-corrected chi connectivity index (χ0v) is 20.7. The summed E-state index contributed by atoms with van der Waals surface area (Å²) in [7, 11) is -1.30. The Kier molecular flexibility index (Phi) is 5.23. The van der Waals surface area contributed by atoms with Crippen LogP contribution in [0.25, 0.3) is 43.1 Å². The van der Waals surface area contributed by atoms with Gasteiger partial charge in [-0.05, 0) is 91.2 Å². The van der Waals surface area contributed by atoms with Gasteiger partial charge in [-0.3, -0.25) is 0 Å². The lowest BCUT2D eigenvalue weighted by molar-refractivity contribution is 0.585. The molecule has 0 spiro atoms. The van der Waals surface area contributed by atoms with Crippen molar-refractivity contribution in [1.82, 2.24) is 0 Å². The average molecular weight is 499 g/mol. The highest BCUT2D eigenvalue weighted by Crippen LogP contribution is 2.42. The molecule has 7 aromatic rings. The summed E-state index contributed by atoms with van der Waals surface area (Å²) >= 11 is 0. The number of benzene rings is 7. The molecule has 0 bridgehead atoms. The molecule has 3 heteroatoms. The van der Waals surface area contributed by atoms with Crippen molar-refractivity contribution in [1.29, 1.82) is 0 Å². The minimum atomic E-state index is -1.30. The Bertz CT molecular complexity index is 1840. The molecule has 0 saturated heterocycles. The largest absolute Gasteiger partial charge is 0.207 e. The molecule has 0 unspecified atom stereocenters. The monoisotopic (exact) mass is 498 g/mol. The van der Waals surface area contributed by atoms with Crippen molar-refractivity contribution in [2.75, 3.05) is 0 Å². The van der Waals surface area contributed by atoms with E-state index in [9.17, 15) is 8.78 Å². The van der Waals surface area contributed by atoms with Crippen LogP contribution in [-0.4, -0.2) is 0 Å². The van der Waals surface area contributed by atoms with E-state index in [2.05, 4.69) is 72.8 Å². The van der Waals surface area contributed by atoms with E-state index in [-0.39, 0.29) is 0 Å². The molecule has 7 rings (SSSR count). The minimum Gasteiger partial charge on any atom is -0.207 e. The third-order valence-corrected chi connectivity index (χ3v) is 9.56. The van der Waals surface area contributed by atoms with Crippen LogP contribution >= 0.6 is 7.92 Å². The predicted octanol–water partition coefficient (Wildman–Crippen LogP) is 8.34. The summed E-state index contributed by atoms with van der Waals surface area (Å²) < 4.78 is 29.4.